The molecule has 3 aliphatic carbocycles. The average molecular weight is 747 g/mol. The number of imidazole rings is 2. The number of fused-ring (bicyclic) bond motifs is 3. The lowest BCUT2D eigenvalue weighted by molar-refractivity contribution is -0.137. The molecule has 3 saturated carbocycles. The van der Waals surface area contributed by atoms with Crippen LogP contribution in [0.1, 0.15) is 118 Å². The van der Waals surface area contributed by atoms with Gasteiger partial charge in [-0.05, 0) is 107 Å². The number of rotatable bonds is 10. The highest BCUT2D eigenvalue weighted by molar-refractivity contribution is 5.86. The number of carbonyl (C=O) groups excluding carboxylic acids is 3. The van der Waals surface area contributed by atoms with Crippen LogP contribution >= 0.6 is 0 Å². The van der Waals surface area contributed by atoms with Crippen LogP contribution in [0.25, 0.3) is 11.3 Å². The van der Waals surface area contributed by atoms with E-state index >= 15 is 0 Å². The summed E-state index contributed by atoms with van der Waals surface area (Å²) in [5.41, 5.74) is 5.94. The first-order valence-corrected chi connectivity index (χ1v) is 20.0. The molecule has 2 aromatic carbocycles. The number of hydrogen-bond donors (Lipinski definition) is 3. The molecule has 2 aromatic heterocycles. The summed E-state index contributed by atoms with van der Waals surface area (Å²) in [4.78, 5) is 61.7. The topological polar surface area (TPSA) is 140 Å². The summed E-state index contributed by atoms with van der Waals surface area (Å²) in [5.74, 6) is 1.69. The number of nitrogens with zero attached hydrogens (tertiary/aromatic N) is 5. The van der Waals surface area contributed by atoms with Gasteiger partial charge in [-0.2, -0.15) is 0 Å². The van der Waals surface area contributed by atoms with Crippen LogP contribution in [-0.2, 0) is 25.2 Å². The smallest absolute Gasteiger partial charge is 0.407 e. The number of benzene rings is 2. The summed E-state index contributed by atoms with van der Waals surface area (Å²) in [7, 11) is 5.23. The third-order valence-electron chi connectivity index (χ3n) is 13.3. The Kier molecular flexibility index (Phi) is 10.0. The SMILES string of the molecule is COC(=O)NC(C)C(=O)N1CCC[C@H]1c1ncc(C23CCC(c4ccc(-c5cnc([C@@H]6CCCN6C(=O)[C@@H](c6ccccc6)N(C)C)[nH]5)cc4)(CC2)CC3)[nH]1. The molecule has 3 amide bonds. The number of hydrogen-bond acceptors (Lipinski definition) is 7. The molecule has 1 unspecified atom stereocenters. The van der Waals surface area contributed by atoms with Gasteiger partial charge in [-0.1, -0.05) is 54.6 Å². The zero-order valence-electron chi connectivity index (χ0n) is 32.5. The van der Waals surface area contributed by atoms with E-state index in [2.05, 4.69) is 39.6 Å². The predicted molar refractivity (Wildman–Crippen MR) is 209 cm³/mol. The Balaban J connectivity index is 0.915. The number of likely N-dealkylation sites (tertiary alicyclic amines) is 2. The van der Waals surface area contributed by atoms with Gasteiger partial charge in [-0.25, -0.2) is 14.8 Å². The molecule has 12 nitrogen and oxygen atoms in total. The highest BCUT2D eigenvalue weighted by Gasteiger charge is 2.51. The van der Waals surface area contributed by atoms with Crippen molar-refractivity contribution in [3.05, 3.63) is 95.5 Å². The van der Waals surface area contributed by atoms with Crippen LogP contribution in [0, 0.1) is 0 Å². The van der Waals surface area contributed by atoms with E-state index in [0.29, 0.717) is 6.54 Å². The van der Waals surface area contributed by atoms with Crippen LogP contribution in [0.2, 0.25) is 0 Å². The van der Waals surface area contributed by atoms with Crippen LogP contribution in [0.4, 0.5) is 4.79 Å². The summed E-state index contributed by atoms with van der Waals surface area (Å²) in [6, 6.07) is 17.9. The van der Waals surface area contributed by atoms with Gasteiger partial charge < -0.3 is 29.8 Å². The highest BCUT2D eigenvalue weighted by atomic mass is 16.5. The Morgan fingerprint density at radius 1 is 0.800 bits per heavy atom. The first-order chi connectivity index (χ1) is 26.6. The lowest BCUT2D eigenvalue weighted by Crippen LogP contribution is -2.47. The van der Waals surface area contributed by atoms with Crippen molar-refractivity contribution in [2.24, 2.45) is 0 Å². The summed E-state index contributed by atoms with van der Waals surface area (Å²) >= 11 is 0. The van der Waals surface area contributed by atoms with Crippen LogP contribution in [0.15, 0.2) is 67.0 Å². The zero-order chi connectivity index (χ0) is 38.3. The number of aromatic nitrogens is 4. The fourth-order valence-electron chi connectivity index (χ4n) is 10.1. The van der Waals surface area contributed by atoms with Gasteiger partial charge in [0.25, 0.3) is 0 Å². The summed E-state index contributed by atoms with van der Waals surface area (Å²) in [6.07, 6.45) is 13.6. The van der Waals surface area contributed by atoms with Crippen molar-refractivity contribution in [2.45, 2.75) is 106 Å². The van der Waals surface area contributed by atoms with Gasteiger partial charge in [0.1, 0.15) is 23.7 Å². The van der Waals surface area contributed by atoms with E-state index in [9.17, 15) is 14.4 Å². The lowest BCUT2D eigenvalue weighted by atomic mass is 9.51. The van der Waals surface area contributed by atoms with Crippen molar-refractivity contribution in [2.75, 3.05) is 34.3 Å². The fraction of sp³-hybridized carbons (Fsp3) is 0.512. The lowest BCUT2D eigenvalue weighted by Gasteiger charge is -2.53. The zero-order valence-corrected chi connectivity index (χ0v) is 32.5. The number of carbonyl (C=O) groups is 3. The second kappa shape index (κ2) is 14.9. The first-order valence-electron chi connectivity index (χ1n) is 20.0. The van der Waals surface area contributed by atoms with E-state index in [1.165, 1.54) is 18.4 Å². The van der Waals surface area contributed by atoms with Crippen LogP contribution < -0.4 is 5.32 Å². The third kappa shape index (κ3) is 6.83. The Bertz CT molecular complexity index is 1980. The Labute approximate surface area is 323 Å². The standard InChI is InChI=1S/C43H54N8O4/c1-28(46-41(54)55-4)39(52)50-24-8-13-34(50)38-45-27-35(48-38)43-21-18-42(19-22-43,20-23-43)31-16-14-29(15-17-31)32-26-44-37(47-32)33-12-9-25-51(33)40(53)36(49(2)3)30-10-6-5-7-11-30/h5-7,10-11,14-17,26-28,33-34,36H,8-9,12-13,18-25H2,1-4H3,(H,44,47)(H,45,48)(H,46,54)/t28?,33-,34-,36+,42?,43?/m0/s1. The first kappa shape index (κ1) is 37.0. The molecule has 12 heteroatoms. The molecule has 2 saturated heterocycles. The van der Waals surface area contributed by atoms with Gasteiger partial charge in [0, 0.05) is 30.4 Å². The van der Waals surface area contributed by atoms with Gasteiger partial charge in [-0.15, -0.1) is 0 Å². The number of nitrogens with one attached hydrogen (secondary N) is 3. The minimum atomic E-state index is -0.668. The van der Waals surface area contributed by atoms with Crippen molar-refractivity contribution in [1.29, 1.82) is 0 Å². The molecule has 5 fully saturated rings. The second-order valence-electron chi connectivity index (χ2n) is 16.5. The van der Waals surface area contributed by atoms with E-state index in [0.717, 1.165) is 99.2 Å². The summed E-state index contributed by atoms with van der Waals surface area (Å²) < 4.78 is 4.69. The number of aromatic amines is 2. The maximum atomic E-state index is 14.0. The van der Waals surface area contributed by atoms with Crippen molar-refractivity contribution in [3.8, 4) is 11.3 Å². The molecule has 55 heavy (non-hydrogen) atoms. The molecule has 2 bridgehead atoms. The predicted octanol–water partition coefficient (Wildman–Crippen LogP) is 6.72. The largest absolute Gasteiger partial charge is 0.453 e. The minimum Gasteiger partial charge on any atom is -0.453 e. The molecular formula is C43H54N8O4. The number of H-pyrrole nitrogens is 2. The fourth-order valence-corrected chi connectivity index (χ4v) is 10.1. The van der Waals surface area contributed by atoms with Crippen molar-refractivity contribution in [1.82, 2.24) is 40.0 Å². The van der Waals surface area contributed by atoms with Crippen molar-refractivity contribution < 1.29 is 19.1 Å². The van der Waals surface area contributed by atoms with Gasteiger partial charge in [0.05, 0.1) is 31.1 Å². The Morgan fingerprint density at radius 3 is 2.00 bits per heavy atom. The molecule has 4 heterocycles. The van der Waals surface area contributed by atoms with E-state index < -0.39 is 12.1 Å². The number of ether oxygens (including phenoxy) is 1. The summed E-state index contributed by atoms with van der Waals surface area (Å²) in [6.45, 7) is 3.07. The summed E-state index contributed by atoms with van der Waals surface area (Å²) in [5, 5.41) is 2.61. The number of methoxy groups -OCH3 is 1. The molecule has 2 aliphatic heterocycles. The molecular weight excluding hydrogens is 693 g/mol. The molecule has 0 radical (unpaired) electrons. The van der Waals surface area contributed by atoms with Gasteiger partial charge in [-0.3, -0.25) is 14.5 Å². The van der Waals surface area contributed by atoms with Gasteiger partial charge >= 0.3 is 6.09 Å². The number of alkyl carbamates (subject to hydrolysis) is 1. The Morgan fingerprint density at radius 2 is 1.38 bits per heavy atom. The van der Waals surface area contributed by atoms with Gasteiger partial charge in [0.15, 0.2) is 0 Å². The monoisotopic (exact) mass is 746 g/mol. The molecule has 5 aliphatic rings. The molecule has 290 valence electrons. The quantitative estimate of drug-likeness (QED) is 0.164. The average Bonchev–Trinajstić information content (AvgIpc) is 4.06. The van der Waals surface area contributed by atoms with E-state index in [-0.39, 0.29) is 40.8 Å². The van der Waals surface area contributed by atoms with E-state index in [1.807, 2.05) is 71.5 Å². The maximum Gasteiger partial charge on any atom is 0.407 e. The minimum absolute atomic E-state index is 0.0695. The normalized spacial score (nSPS) is 26.0. The third-order valence-corrected chi connectivity index (χ3v) is 13.3. The Hall–Kier alpha value is -4.97. The molecule has 4 aromatic rings. The number of amides is 3. The van der Waals surface area contributed by atoms with E-state index in [1.54, 1.807) is 6.92 Å². The maximum absolute atomic E-state index is 14.0. The van der Waals surface area contributed by atoms with Crippen LogP contribution in [0.3, 0.4) is 0 Å². The van der Waals surface area contributed by atoms with E-state index in [4.69, 9.17) is 14.7 Å². The molecule has 4 atom stereocenters. The van der Waals surface area contributed by atoms with Crippen molar-refractivity contribution >= 4 is 17.9 Å². The van der Waals surface area contributed by atoms with Crippen LogP contribution in [0.5, 0.6) is 0 Å². The van der Waals surface area contributed by atoms with Crippen molar-refractivity contribution in [3.63, 3.8) is 0 Å². The highest BCUT2D eigenvalue weighted by Crippen LogP contribution is 2.58. The molecule has 9 rings (SSSR count). The molecule has 3 N–H and O–H groups in total. The molecule has 0 spiro atoms. The number of likely N-dealkylation sites (N-methyl/N-ethyl adjacent to an activating group) is 1. The second-order valence-corrected chi connectivity index (χ2v) is 16.5. The van der Waals surface area contributed by atoms with Gasteiger partial charge in [0.2, 0.25) is 11.8 Å². The van der Waals surface area contributed by atoms with Crippen LogP contribution in [-0.4, -0.2) is 92.9 Å².